The van der Waals surface area contributed by atoms with Gasteiger partial charge in [-0.2, -0.15) is 0 Å². The standard InChI is InChI=1S/C25H29N3OS/c1-4-13-28-24(29)23(30-25(28)26-21-10-7-18(2)8-11-21)17-20-9-12-22(16-19(20)3)27-14-5-6-15-27/h7-12,16-17H,4-6,13-15H2,1-3H3/b23-17+,26-25?. The molecule has 0 atom stereocenters. The number of carbonyl (C=O) groups excluding carboxylic acids is 1. The van der Waals surface area contributed by atoms with Gasteiger partial charge < -0.3 is 4.90 Å². The zero-order valence-corrected chi connectivity index (χ0v) is 18.8. The summed E-state index contributed by atoms with van der Waals surface area (Å²) in [6.07, 6.45) is 5.46. The predicted molar refractivity (Wildman–Crippen MR) is 128 cm³/mol. The summed E-state index contributed by atoms with van der Waals surface area (Å²) in [5.41, 5.74) is 5.66. The summed E-state index contributed by atoms with van der Waals surface area (Å²) in [5.74, 6) is 0.0516. The first-order valence-corrected chi connectivity index (χ1v) is 11.6. The Hall–Kier alpha value is -2.53. The number of thioether (sulfide) groups is 1. The lowest BCUT2D eigenvalue weighted by Gasteiger charge is -2.18. The zero-order valence-electron chi connectivity index (χ0n) is 18.0. The molecule has 2 fully saturated rings. The lowest BCUT2D eigenvalue weighted by molar-refractivity contribution is -0.122. The van der Waals surface area contributed by atoms with Crippen molar-refractivity contribution in [3.63, 3.8) is 0 Å². The quantitative estimate of drug-likeness (QED) is 0.565. The molecule has 30 heavy (non-hydrogen) atoms. The number of aryl methyl sites for hydroxylation is 2. The van der Waals surface area contributed by atoms with E-state index in [0.29, 0.717) is 6.54 Å². The number of hydrogen-bond donors (Lipinski definition) is 0. The molecule has 1 amide bonds. The Balaban J connectivity index is 1.61. The van der Waals surface area contributed by atoms with Gasteiger partial charge in [-0.1, -0.05) is 30.7 Å². The van der Waals surface area contributed by atoms with Crippen molar-refractivity contribution in [3.05, 3.63) is 64.1 Å². The van der Waals surface area contributed by atoms with Crippen LogP contribution in [0.5, 0.6) is 0 Å². The van der Waals surface area contributed by atoms with Gasteiger partial charge in [-0.3, -0.25) is 9.69 Å². The zero-order chi connectivity index (χ0) is 21.1. The molecule has 2 aromatic rings. The number of amides is 1. The van der Waals surface area contributed by atoms with E-state index in [4.69, 9.17) is 4.99 Å². The second-order valence-corrected chi connectivity index (χ2v) is 9.04. The summed E-state index contributed by atoms with van der Waals surface area (Å²) in [6.45, 7) is 9.23. The molecule has 2 aliphatic rings. The van der Waals surface area contributed by atoms with Crippen LogP contribution in [0.4, 0.5) is 11.4 Å². The molecule has 4 rings (SSSR count). The highest BCUT2D eigenvalue weighted by Gasteiger charge is 2.32. The van der Waals surface area contributed by atoms with Gasteiger partial charge >= 0.3 is 0 Å². The fourth-order valence-electron chi connectivity index (χ4n) is 3.88. The van der Waals surface area contributed by atoms with Crippen molar-refractivity contribution >= 4 is 40.3 Å². The molecule has 0 spiro atoms. The highest BCUT2D eigenvalue weighted by atomic mass is 32.2. The fraction of sp³-hybridized carbons (Fsp3) is 0.360. The van der Waals surface area contributed by atoms with E-state index >= 15 is 0 Å². The summed E-state index contributed by atoms with van der Waals surface area (Å²) < 4.78 is 0. The number of amidine groups is 1. The fourth-order valence-corrected chi connectivity index (χ4v) is 4.89. The van der Waals surface area contributed by atoms with Crippen molar-refractivity contribution in [2.75, 3.05) is 24.5 Å². The lowest BCUT2D eigenvalue weighted by atomic mass is 10.1. The molecule has 0 radical (unpaired) electrons. The number of benzene rings is 2. The van der Waals surface area contributed by atoms with E-state index in [1.807, 2.05) is 35.2 Å². The summed E-state index contributed by atoms with van der Waals surface area (Å²) in [4.78, 5) is 22.8. The van der Waals surface area contributed by atoms with Crippen molar-refractivity contribution in [2.24, 2.45) is 4.99 Å². The minimum atomic E-state index is 0.0516. The Labute approximate surface area is 183 Å². The Morgan fingerprint density at radius 2 is 1.80 bits per heavy atom. The van der Waals surface area contributed by atoms with E-state index in [1.54, 1.807) is 0 Å². The number of aliphatic imine (C=N–C) groups is 1. The minimum Gasteiger partial charge on any atom is -0.372 e. The molecule has 156 valence electrons. The van der Waals surface area contributed by atoms with E-state index in [-0.39, 0.29) is 5.91 Å². The maximum absolute atomic E-state index is 13.1. The van der Waals surface area contributed by atoms with Gasteiger partial charge in [-0.15, -0.1) is 0 Å². The first-order valence-electron chi connectivity index (χ1n) is 10.8. The Bertz CT molecular complexity index is 988. The van der Waals surface area contributed by atoms with Crippen molar-refractivity contribution < 1.29 is 4.79 Å². The molecular weight excluding hydrogens is 390 g/mol. The molecule has 4 nitrogen and oxygen atoms in total. The first kappa shape index (κ1) is 20.7. The van der Waals surface area contributed by atoms with Crippen LogP contribution in [0.3, 0.4) is 0 Å². The summed E-state index contributed by atoms with van der Waals surface area (Å²) in [5, 5.41) is 0.767. The van der Waals surface area contributed by atoms with Gasteiger partial charge in [-0.25, -0.2) is 4.99 Å². The highest BCUT2D eigenvalue weighted by Crippen LogP contribution is 2.35. The van der Waals surface area contributed by atoms with Crippen LogP contribution >= 0.6 is 11.8 Å². The van der Waals surface area contributed by atoms with Crippen LogP contribution in [0.25, 0.3) is 6.08 Å². The van der Waals surface area contributed by atoms with E-state index in [9.17, 15) is 4.79 Å². The second kappa shape index (κ2) is 9.09. The summed E-state index contributed by atoms with van der Waals surface area (Å²) >= 11 is 1.48. The molecule has 0 bridgehead atoms. The highest BCUT2D eigenvalue weighted by molar-refractivity contribution is 8.18. The van der Waals surface area contributed by atoms with Crippen LogP contribution in [0, 0.1) is 13.8 Å². The Kier molecular flexibility index (Phi) is 6.28. The van der Waals surface area contributed by atoms with Crippen LogP contribution in [-0.2, 0) is 4.79 Å². The number of anilines is 1. The van der Waals surface area contributed by atoms with Crippen molar-refractivity contribution in [1.82, 2.24) is 4.90 Å². The number of rotatable bonds is 5. The third kappa shape index (κ3) is 4.46. The number of carbonyl (C=O) groups is 1. The summed E-state index contributed by atoms with van der Waals surface area (Å²) in [6, 6.07) is 14.7. The van der Waals surface area contributed by atoms with E-state index in [2.05, 4.69) is 43.9 Å². The van der Waals surface area contributed by atoms with Gasteiger partial charge in [0.05, 0.1) is 10.6 Å². The molecule has 0 aromatic heterocycles. The molecule has 5 heteroatoms. The van der Waals surface area contributed by atoms with E-state index in [0.717, 1.165) is 40.8 Å². The Morgan fingerprint density at radius 1 is 1.07 bits per heavy atom. The van der Waals surface area contributed by atoms with Gasteiger partial charge in [0.25, 0.3) is 5.91 Å². The third-order valence-electron chi connectivity index (χ3n) is 5.61. The molecular formula is C25H29N3OS. The molecule has 0 saturated carbocycles. The summed E-state index contributed by atoms with van der Waals surface area (Å²) in [7, 11) is 0. The monoisotopic (exact) mass is 419 g/mol. The van der Waals surface area contributed by atoms with Crippen molar-refractivity contribution in [1.29, 1.82) is 0 Å². The lowest BCUT2D eigenvalue weighted by Crippen LogP contribution is -2.29. The Morgan fingerprint density at radius 3 is 2.47 bits per heavy atom. The van der Waals surface area contributed by atoms with Gasteiger partial charge in [0.15, 0.2) is 5.17 Å². The largest absolute Gasteiger partial charge is 0.372 e. The van der Waals surface area contributed by atoms with Crippen molar-refractivity contribution in [2.45, 2.75) is 40.0 Å². The SMILES string of the molecule is CCCN1C(=O)/C(=C\c2ccc(N3CCCC3)cc2C)SC1=Nc1ccc(C)cc1. The molecule has 0 aliphatic carbocycles. The average Bonchev–Trinajstić information content (AvgIpc) is 3.36. The maximum Gasteiger partial charge on any atom is 0.266 e. The van der Waals surface area contributed by atoms with Gasteiger partial charge in [0, 0.05) is 25.3 Å². The average molecular weight is 420 g/mol. The molecule has 0 unspecified atom stereocenters. The smallest absolute Gasteiger partial charge is 0.266 e. The molecule has 2 aliphatic heterocycles. The normalized spacial score (nSPS) is 19.5. The molecule has 0 N–H and O–H groups in total. The first-order chi connectivity index (χ1) is 14.5. The van der Waals surface area contributed by atoms with E-state index in [1.165, 1.54) is 41.4 Å². The van der Waals surface area contributed by atoms with Gasteiger partial charge in [0.2, 0.25) is 0 Å². The van der Waals surface area contributed by atoms with Crippen molar-refractivity contribution in [3.8, 4) is 0 Å². The maximum atomic E-state index is 13.1. The van der Waals surface area contributed by atoms with Gasteiger partial charge in [0.1, 0.15) is 0 Å². The molecule has 2 heterocycles. The number of hydrogen-bond acceptors (Lipinski definition) is 4. The van der Waals surface area contributed by atoms with Crippen LogP contribution < -0.4 is 4.90 Å². The molecule has 2 saturated heterocycles. The predicted octanol–water partition coefficient (Wildman–Crippen LogP) is 5.92. The van der Waals surface area contributed by atoms with Crippen LogP contribution in [-0.4, -0.2) is 35.6 Å². The molecule has 2 aromatic carbocycles. The number of nitrogens with zero attached hydrogens (tertiary/aromatic N) is 3. The second-order valence-electron chi connectivity index (χ2n) is 8.03. The minimum absolute atomic E-state index is 0.0516. The topological polar surface area (TPSA) is 35.9 Å². The van der Waals surface area contributed by atoms with Gasteiger partial charge in [-0.05, 0) is 86.3 Å². The van der Waals surface area contributed by atoms with E-state index < -0.39 is 0 Å². The van der Waals surface area contributed by atoms with Crippen LogP contribution in [0.2, 0.25) is 0 Å². The third-order valence-corrected chi connectivity index (χ3v) is 6.61. The van der Waals surface area contributed by atoms with Crippen LogP contribution in [0.15, 0.2) is 52.4 Å². The van der Waals surface area contributed by atoms with Crippen LogP contribution in [0.1, 0.15) is 42.9 Å².